The van der Waals surface area contributed by atoms with Crippen LogP contribution in [0.2, 0.25) is 0 Å². The van der Waals surface area contributed by atoms with Crippen molar-refractivity contribution in [3.05, 3.63) is 47.5 Å². The van der Waals surface area contributed by atoms with Gasteiger partial charge in [0.25, 0.3) is 0 Å². The Hall–Kier alpha value is -1.77. The number of aromatic nitrogens is 2. The van der Waals surface area contributed by atoms with Crippen LogP contribution in [0.25, 0.3) is 0 Å². The molecule has 0 saturated carbocycles. The Labute approximate surface area is 116 Å². The van der Waals surface area contributed by atoms with E-state index in [4.69, 9.17) is 4.74 Å². The van der Waals surface area contributed by atoms with Gasteiger partial charge in [-0.1, -0.05) is 31.5 Å². The lowest BCUT2D eigenvalue weighted by atomic mass is 10.2. The third-order valence-corrected chi connectivity index (χ3v) is 2.78. The molecule has 19 heavy (non-hydrogen) atoms. The zero-order chi connectivity index (χ0) is 14.1. The van der Waals surface area contributed by atoms with Crippen LogP contribution in [0.4, 0.5) is 0 Å². The lowest BCUT2D eigenvalue weighted by molar-refractivity contribution is 0.310. The summed E-state index contributed by atoms with van der Waals surface area (Å²) in [5, 5.41) is 0. The number of ether oxygens (including phenoxy) is 1. The highest BCUT2D eigenvalue weighted by molar-refractivity contribution is 5.26. The van der Waals surface area contributed by atoms with Gasteiger partial charge in [0.1, 0.15) is 5.75 Å². The van der Waals surface area contributed by atoms with Crippen LogP contribution in [0.5, 0.6) is 5.75 Å². The second-order valence-corrected chi connectivity index (χ2v) is 4.24. The quantitative estimate of drug-likeness (QED) is 0.823. The zero-order valence-electron chi connectivity index (χ0n) is 12.4. The van der Waals surface area contributed by atoms with Crippen molar-refractivity contribution in [3.63, 3.8) is 0 Å². The fourth-order valence-corrected chi connectivity index (χ4v) is 1.70. The SMILES string of the molecule is CC.Cc1ccc(OCCCc2nc[nH]c2C)cc1. The second kappa shape index (κ2) is 8.35. The largest absolute Gasteiger partial charge is 0.494 e. The Kier molecular flexibility index (Phi) is 6.72. The number of rotatable bonds is 5. The van der Waals surface area contributed by atoms with E-state index in [1.165, 1.54) is 5.56 Å². The summed E-state index contributed by atoms with van der Waals surface area (Å²) in [6, 6.07) is 8.14. The smallest absolute Gasteiger partial charge is 0.119 e. The van der Waals surface area contributed by atoms with Gasteiger partial charge in [0.2, 0.25) is 0 Å². The molecule has 2 rings (SSSR count). The second-order valence-electron chi connectivity index (χ2n) is 4.24. The van der Waals surface area contributed by atoms with Crippen LogP contribution in [-0.4, -0.2) is 16.6 Å². The fraction of sp³-hybridized carbons (Fsp3) is 0.438. The van der Waals surface area contributed by atoms with Crippen molar-refractivity contribution < 1.29 is 4.74 Å². The average Bonchev–Trinajstić information content (AvgIpc) is 2.85. The highest BCUT2D eigenvalue weighted by Gasteiger charge is 2.00. The number of nitrogens with zero attached hydrogens (tertiary/aromatic N) is 1. The van der Waals surface area contributed by atoms with Gasteiger partial charge in [0.15, 0.2) is 0 Å². The summed E-state index contributed by atoms with van der Waals surface area (Å²) in [6.07, 6.45) is 3.69. The number of imidazole rings is 1. The molecular formula is C16H24N2O. The molecule has 0 fully saturated rings. The van der Waals surface area contributed by atoms with E-state index in [-0.39, 0.29) is 0 Å². The lowest BCUT2D eigenvalue weighted by Crippen LogP contribution is -2.00. The molecule has 0 aliphatic rings. The maximum absolute atomic E-state index is 5.66. The third kappa shape index (κ3) is 5.16. The number of aryl methyl sites for hydroxylation is 3. The molecule has 0 bridgehead atoms. The monoisotopic (exact) mass is 260 g/mol. The first-order chi connectivity index (χ1) is 9.25. The van der Waals surface area contributed by atoms with Gasteiger partial charge in [-0.2, -0.15) is 0 Å². The van der Waals surface area contributed by atoms with E-state index in [0.29, 0.717) is 0 Å². The normalized spacial score (nSPS) is 9.68. The van der Waals surface area contributed by atoms with Crippen molar-refractivity contribution in [3.8, 4) is 5.75 Å². The van der Waals surface area contributed by atoms with Crippen molar-refractivity contribution in [2.75, 3.05) is 6.61 Å². The highest BCUT2D eigenvalue weighted by atomic mass is 16.5. The Morgan fingerprint density at radius 1 is 1.11 bits per heavy atom. The molecule has 0 amide bonds. The number of hydrogen-bond donors (Lipinski definition) is 1. The molecule has 2 aromatic rings. The van der Waals surface area contributed by atoms with E-state index >= 15 is 0 Å². The Morgan fingerprint density at radius 3 is 2.37 bits per heavy atom. The van der Waals surface area contributed by atoms with Crippen LogP contribution in [-0.2, 0) is 6.42 Å². The van der Waals surface area contributed by atoms with Crippen molar-refractivity contribution >= 4 is 0 Å². The van der Waals surface area contributed by atoms with E-state index in [0.717, 1.165) is 36.6 Å². The molecule has 0 atom stereocenters. The molecular weight excluding hydrogens is 236 g/mol. The molecule has 104 valence electrons. The first kappa shape index (κ1) is 15.3. The zero-order valence-corrected chi connectivity index (χ0v) is 12.4. The van der Waals surface area contributed by atoms with Gasteiger partial charge >= 0.3 is 0 Å². The van der Waals surface area contributed by atoms with Gasteiger partial charge in [-0.05, 0) is 38.8 Å². The number of benzene rings is 1. The first-order valence-corrected chi connectivity index (χ1v) is 6.94. The van der Waals surface area contributed by atoms with Crippen molar-refractivity contribution in [2.45, 2.75) is 40.5 Å². The number of H-pyrrole nitrogens is 1. The summed E-state index contributed by atoms with van der Waals surface area (Å²) in [7, 11) is 0. The summed E-state index contributed by atoms with van der Waals surface area (Å²) in [5.74, 6) is 0.939. The molecule has 1 aromatic carbocycles. The molecule has 1 N–H and O–H groups in total. The van der Waals surface area contributed by atoms with E-state index in [1.54, 1.807) is 6.33 Å². The summed E-state index contributed by atoms with van der Waals surface area (Å²) >= 11 is 0. The summed E-state index contributed by atoms with van der Waals surface area (Å²) in [6.45, 7) is 8.85. The maximum atomic E-state index is 5.66. The number of hydrogen-bond acceptors (Lipinski definition) is 2. The van der Waals surface area contributed by atoms with Crippen LogP contribution in [0.15, 0.2) is 30.6 Å². The summed E-state index contributed by atoms with van der Waals surface area (Å²) in [4.78, 5) is 7.34. The topological polar surface area (TPSA) is 37.9 Å². The minimum atomic E-state index is 0.732. The average molecular weight is 260 g/mol. The van der Waals surface area contributed by atoms with Crippen LogP contribution >= 0.6 is 0 Å². The molecule has 3 nitrogen and oxygen atoms in total. The fourth-order valence-electron chi connectivity index (χ4n) is 1.70. The van der Waals surface area contributed by atoms with Crippen molar-refractivity contribution in [2.24, 2.45) is 0 Å². The highest BCUT2D eigenvalue weighted by Crippen LogP contribution is 2.12. The van der Waals surface area contributed by atoms with Crippen LogP contribution in [0, 0.1) is 13.8 Å². The van der Waals surface area contributed by atoms with Crippen molar-refractivity contribution in [1.82, 2.24) is 9.97 Å². The molecule has 1 heterocycles. The van der Waals surface area contributed by atoms with Gasteiger partial charge in [-0.25, -0.2) is 4.98 Å². The van der Waals surface area contributed by atoms with E-state index in [9.17, 15) is 0 Å². The van der Waals surface area contributed by atoms with Gasteiger partial charge in [0, 0.05) is 5.69 Å². The van der Waals surface area contributed by atoms with Crippen molar-refractivity contribution in [1.29, 1.82) is 0 Å². The minimum Gasteiger partial charge on any atom is -0.494 e. The molecule has 0 aliphatic heterocycles. The summed E-state index contributed by atoms with van der Waals surface area (Å²) < 4.78 is 5.66. The Morgan fingerprint density at radius 2 is 1.79 bits per heavy atom. The van der Waals surface area contributed by atoms with Gasteiger partial charge < -0.3 is 9.72 Å². The molecule has 0 aliphatic carbocycles. The molecule has 0 saturated heterocycles. The number of nitrogens with one attached hydrogen (secondary N) is 1. The predicted octanol–water partition coefficient (Wildman–Crippen LogP) is 4.06. The molecule has 0 spiro atoms. The minimum absolute atomic E-state index is 0.732. The van der Waals surface area contributed by atoms with Crippen LogP contribution in [0.3, 0.4) is 0 Å². The summed E-state index contributed by atoms with van der Waals surface area (Å²) in [5.41, 5.74) is 3.54. The molecule has 0 unspecified atom stereocenters. The standard InChI is InChI=1S/C14H18N2O.C2H6/c1-11-5-7-13(8-6-11)17-9-3-4-14-12(2)15-10-16-14;1-2/h5-8,10H,3-4,9H2,1-2H3,(H,15,16);1-2H3. The molecule has 3 heteroatoms. The van der Waals surface area contributed by atoms with E-state index in [1.807, 2.05) is 32.9 Å². The van der Waals surface area contributed by atoms with Gasteiger partial charge in [-0.3, -0.25) is 0 Å². The lowest BCUT2D eigenvalue weighted by Gasteiger charge is -2.05. The molecule has 0 radical (unpaired) electrons. The van der Waals surface area contributed by atoms with Gasteiger partial charge in [0.05, 0.1) is 18.6 Å². The van der Waals surface area contributed by atoms with Gasteiger partial charge in [-0.15, -0.1) is 0 Å². The third-order valence-electron chi connectivity index (χ3n) is 2.78. The van der Waals surface area contributed by atoms with E-state index < -0.39 is 0 Å². The Bertz CT molecular complexity index is 460. The number of aromatic amines is 1. The van der Waals surface area contributed by atoms with Crippen LogP contribution in [0.1, 0.15) is 37.2 Å². The Balaban J connectivity index is 0.000000861. The van der Waals surface area contributed by atoms with E-state index in [2.05, 4.69) is 29.0 Å². The molecule has 1 aromatic heterocycles. The maximum Gasteiger partial charge on any atom is 0.119 e. The first-order valence-electron chi connectivity index (χ1n) is 6.94. The van der Waals surface area contributed by atoms with Crippen LogP contribution < -0.4 is 4.74 Å². The predicted molar refractivity (Wildman–Crippen MR) is 79.7 cm³/mol.